The summed E-state index contributed by atoms with van der Waals surface area (Å²) in [6.07, 6.45) is 0. The van der Waals surface area contributed by atoms with Gasteiger partial charge in [0.15, 0.2) is 0 Å². The van der Waals surface area contributed by atoms with Gasteiger partial charge in [-0.1, -0.05) is 42.5 Å². The van der Waals surface area contributed by atoms with E-state index in [0.29, 0.717) is 19.7 Å². The number of hydrogen-bond donors (Lipinski definition) is 0. The lowest BCUT2D eigenvalue weighted by atomic mass is 10.1. The molecule has 1 aromatic heterocycles. The molecule has 5 heteroatoms. The van der Waals surface area contributed by atoms with Gasteiger partial charge in [0.05, 0.1) is 4.88 Å². The highest BCUT2D eigenvalue weighted by Gasteiger charge is 2.25. The minimum atomic E-state index is 0.0857. The van der Waals surface area contributed by atoms with Crippen molar-refractivity contribution in [3.63, 3.8) is 0 Å². The molecule has 1 amide bonds. The van der Waals surface area contributed by atoms with E-state index in [1.54, 1.807) is 11.3 Å². The molecule has 0 unspecified atom stereocenters. The lowest BCUT2D eigenvalue weighted by Crippen LogP contribution is -2.35. The molecule has 3 aromatic rings. The maximum absolute atomic E-state index is 13.4. The maximum Gasteiger partial charge on any atom is 0.264 e. The molecule has 2 aromatic carbocycles. The topological polar surface area (TPSA) is 32.8 Å². The van der Waals surface area contributed by atoms with Crippen molar-refractivity contribution in [2.45, 2.75) is 13.2 Å². The third-order valence-electron chi connectivity index (χ3n) is 4.86. The second-order valence-corrected chi connectivity index (χ2v) is 8.32. The second kappa shape index (κ2) is 8.17. The smallest absolute Gasteiger partial charge is 0.264 e. The molecule has 144 valence electrons. The molecule has 4 nitrogen and oxygen atoms in total. The fourth-order valence-corrected chi connectivity index (χ4v) is 4.50. The zero-order valence-corrected chi connectivity index (χ0v) is 17.0. The zero-order chi connectivity index (χ0) is 19.5. The largest absolute Gasteiger partial charge is 0.488 e. The van der Waals surface area contributed by atoms with Crippen LogP contribution in [-0.2, 0) is 13.2 Å². The Morgan fingerprint density at radius 1 is 1.04 bits per heavy atom. The van der Waals surface area contributed by atoms with Gasteiger partial charge in [0.2, 0.25) is 0 Å². The van der Waals surface area contributed by atoms with Crippen molar-refractivity contribution in [2.24, 2.45) is 0 Å². The van der Waals surface area contributed by atoms with Crippen molar-refractivity contribution in [1.82, 2.24) is 9.80 Å². The van der Waals surface area contributed by atoms with Gasteiger partial charge in [-0.25, -0.2) is 0 Å². The van der Waals surface area contributed by atoms with Gasteiger partial charge >= 0.3 is 0 Å². The molecule has 0 radical (unpaired) electrons. The van der Waals surface area contributed by atoms with Gasteiger partial charge in [-0.05, 0) is 37.9 Å². The van der Waals surface area contributed by atoms with E-state index in [-0.39, 0.29) is 5.91 Å². The number of carbonyl (C=O) groups is 1. The summed E-state index contributed by atoms with van der Waals surface area (Å²) < 4.78 is 5.85. The molecular formula is C23H24N2O2S. The van der Waals surface area contributed by atoms with Crippen molar-refractivity contribution in [1.29, 1.82) is 0 Å². The van der Waals surface area contributed by atoms with Gasteiger partial charge in [0.25, 0.3) is 5.91 Å². The minimum absolute atomic E-state index is 0.0857. The van der Waals surface area contributed by atoms with Crippen LogP contribution in [0.15, 0.2) is 60.7 Å². The third-order valence-corrected chi connectivity index (χ3v) is 6.05. The van der Waals surface area contributed by atoms with Crippen molar-refractivity contribution >= 4 is 17.2 Å². The Hall–Kier alpha value is -2.63. The van der Waals surface area contributed by atoms with E-state index in [2.05, 4.69) is 23.1 Å². The Labute approximate surface area is 170 Å². The van der Waals surface area contributed by atoms with Crippen molar-refractivity contribution in [3.8, 4) is 16.2 Å². The van der Waals surface area contributed by atoms with Crippen LogP contribution in [0.2, 0.25) is 0 Å². The van der Waals surface area contributed by atoms with Crippen LogP contribution >= 0.6 is 11.3 Å². The summed E-state index contributed by atoms with van der Waals surface area (Å²) in [5.41, 5.74) is 3.32. The number of carbonyl (C=O) groups excluding carboxylic acids is 1. The second-order valence-electron chi connectivity index (χ2n) is 7.27. The van der Waals surface area contributed by atoms with Crippen molar-refractivity contribution < 1.29 is 9.53 Å². The van der Waals surface area contributed by atoms with Crippen LogP contribution in [-0.4, -0.2) is 42.9 Å². The highest BCUT2D eigenvalue weighted by molar-refractivity contribution is 7.17. The highest BCUT2D eigenvalue weighted by atomic mass is 32.1. The predicted octanol–water partition coefficient (Wildman–Crippen LogP) is 4.51. The first-order valence-electron chi connectivity index (χ1n) is 9.44. The SMILES string of the molecule is CN(C)CCN(Cc1ccccc1)C(=O)c1cc2c(s1)-c1ccccc1OC2. The standard InChI is InChI=1S/C23H24N2O2S/c1-24(2)12-13-25(15-17-8-4-3-5-9-17)23(26)21-14-18-16-27-20-11-7-6-10-19(20)22(18)28-21/h3-11,14H,12-13,15-16H2,1-2H3. The Morgan fingerprint density at radius 2 is 1.79 bits per heavy atom. The summed E-state index contributed by atoms with van der Waals surface area (Å²) in [7, 11) is 4.06. The van der Waals surface area contributed by atoms with Crippen molar-refractivity contribution in [3.05, 3.63) is 76.7 Å². The van der Waals surface area contributed by atoms with Gasteiger partial charge in [-0.3, -0.25) is 4.79 Å². The molecule has 0 N–H and O–H groups in total. The van der Waals surface area contributed by atoms with E-state index in [1.807, 2.05) is 61.5 Å². The van der Waals surface area contributed by atoms with Gasteiger partial charge < -0.3 is 14.5 Å². The molecule has 1 aliphatic rings. The highest BCUT2D eigenvalue weighted by Crippen LogP contribution is 2.42. The van der Waals surface area contributed by atoms with E-state index >= 15 is 0 Å². The number of likely N-dealkylation sites (N-methyl/N-ethyl adjacent to an activating group) is 1. The van der Waals surface area contributed by atoms with Crippen LogP contribution < -0.4 is 4.74 Å². The number of para-hydroxylation sites is 1. The average molecular weight is 393 g/mol. The van der Waals surface area contributed by atoms with Crippen LogP contribution in [0.25, 0.3) is 10.4 Å². The van der Waals surface area contributed by atoms with Gasteiger partial charge in [-0.15, -0.1) is 11.3 Å². The molecule has 0 saturated carbocycles. The van der Waals surface area contributed by atoms with E-state index in [0.717, 1.165) is 38.7 Å². The van der Waals surface area contributed by atoms with Crippen LogP contribution in [0.1, 0.15) is 20.8 Å². The molecule has 0 fully saturated rings. The van der Waals surface area contributed by atoms with E-state index in [1.165, 1.54) is 0 Å². The molecule has 0 atom stereocenters. The molecule has 1 aliphatic heterocycles. The molecular weight excluding hydrogens is 368 g/mol. The summed E-state index contributed by atoms with van der Waals surface area (Å²) in [6, 6.07) is 20.2. The first-order chi connectivity index (χ1) is 13.6. The predicted molar refractivity (Wildman–Crippen MR) is 114 cm³/mol. The van der Waals surface area contributed by atoms with Crippen LogP contribution in [0.3, 0.4) is 0 Å². The van der Waals surface area contributed by atoms with Gasteiger partial charge in [0, 0.05) is 35.6 Å². The Kier molecular flexibility index (Phi) is 5.46. The lowest BCUT2D eigenvalue weighted by molar-refractivity contribution is 0.0737. The van der Waals surface area contributed by atoms with Gasteiger partial charge in [0.1, 0.15) is 12.4 Å². The Balaban J connectivity index is 1.61. The van der Waals surface area contributed by atoms with Gasteiger partial charge in [-0.2, -0.15) is 0 Å². The Morgan fingerprint density at radius 3 is 2.57 bits per heavy atom. The normalized spacial score (nSPS) is 12.2. The minimum Gasteiger partial charge on any atom is -0.488 e. The summed E-state index contributed by atoms with van der Waals surface area (Å²) in [5, 5.41) is 0. The summed E-state index contributed by atoms with van der Waals surface area (Å²) in [6.45, 7) is 2.65. The Bertz CT molecular complexity index is 966. The lowest BCUT2D eigenvalue weighted by Gasteiger charge is -2.24. The number of hydrogen-bond acceptors (Lipinski definition) is 4. The molecule has 0 aliphatic carbocycles. The molecule has 2 heterocycles. The first-order valence-corrected chi connectivity index (χ1v) is 10.3. The molecule has 0 bridgehead atoms. The zero-order valence-electron chi connectivity index (χ0n) is 16.2. The fourth-order valence-electron chi connectivity index (χ4n) is 3.34. The van der Waals surface area contributed by atoms with Crippen molar-refractivity contribution in [2.75, 3.05) is 27.2 Å². The van der Waals surface area contributed by atoms with E-state index < -0.39 is 0 Å². The quantitative estimate of drug-likeness (QED) is 0.619. The molecule has 0 spiro atoms. The summed E-state index contributed by atoms with van der Waals surface area (Å²) in [4.78, 5) is 19.3. The van der Waals surface area contributed by atoms with Crippen LogP contribution in [0.4, 0.5) is 0 Å². The number of benzene rings is 2. The fraction of sp³-hybridized carbons (Fsp3) is 0.261. The molecule has 0 saturated heterocycles. The summed E-state index contributed by atoms with van der Waals surface area (Å²) in [5.74, 6) is 0.979. The van der Waals surface area contributed by atoms with E-state index in [9.17, 15) is 4.79 Å². The number of fused-ring (bicyclic) bond motifs is 3. The van der Waals surface area contributed by atoms with E-state index in [4.69, 9.17) is 4.74 Å². The number of nitrogens with zero attached hydrogens (tertiary/aromatic N) is 2. The number of amides is 1. The maximum atomic E-state index is 13.4. The molecule has 4 rings (SSSR count). The monoisotopic (exact) mass is 392 g/mol. The first kappa shape index (κ1) is 18.7. The number of thiophene rings is 1. The summed E-state index contributed by atoms with van der Waals surface area (Å²) >= 11 is 1.57. The van der Waals surface area contributed by atoms with Crippen LogP contribution in [0.5, 0.6) is 5.75 Å². The third kappa shape index (κ3) is 3.96. The number of ether oxygens (including phenoxy) is 1. The number of rotatable bonds is 6. The molecule has 28 heavy (non-hydrogen) atoms. The van der Waals surface area contributed by atoms with Crippen LogP contribution in [0, 0.1) is 0 Å². The average Bonchev–Trinajstić information content (AvgIpc) is 3.16.